The summed E-state index contributed by atoms with van der Waals surface area (Å²) in [7, 11) is 0. The van der Waals surface area contributed by atoms with Crippen LogP contribution in [0.4, 0.5) is 0 Å². The van der Waals surface area contributed by atoms with Crippen LogP contribution >= 0.6 is 24.8 Å². The van der Waals surface area contributed by atoms with E-state index in [0.717, 1.165) is 0 Å². The molecule has 0 aliphatic heterocycles. The van der Waals surface area contributed by atoms with E-state index in [-0.39, 0.29) is 21.1 Å². The maximum atomic E-state index is 4.64. The second-order valence-electron chi connectivity index (χ2n) is 0.699. The second kappa shape index (κ2) is 6.93. The Kier molecular flexibility index (Phi) is 10.7. The van der Waals surface area contributed by atoms with Crippen LogP contribution in [0.25, 0.3) is 0 Å². The number of thiol groups is 1. The van der Waals surface area contributed by atoms with Gasteiger partial charge < -0.3 is 4.74 Å². The minimum atomic E-state index is 0. The van der Waals surface area contributed by atoms with Gasteiger partial charge in [0.15, 0.2) is 0 Å². The number of hydrogen-bond donors (Lipinski definition) is 1. The van der Waals surface area contributed by atoms with Crippen LogP contribution in [-0.4, -0.2) is 11.0 Å². The van der Waals surface area contributed by atoms with Gasteiger partial charge in [0.2, 0.25) is 4.38 Å². The monoisotopic (exact) mass is 317 g/mol. The van der Waals surface area contributed by atoms with Crippen LogP contribution in [0.15, 0.2) is 0 Å². The molecule has 7 heavy (non-hydrogen) atoms. The maximum Gasteiger partial charge on any atom is 0.216 e. The Hall–Kier alpha value is 0.928. The molecule has 0 radical (unpaired) electrons. The summed E-state index contributed by atoms with van der Waals surface area (Å²) in [5.41, 5.74) is 0. The molecule has 0 unspecified atom stereocenters. The first-order valence-electron chi connectivity index (χ1n) is 1.63. The van der Waals surface area contributed by atoms with E-state index in [1.54, 1.807) is 0 Å². The van der Waals surface area contributed by atoms with Gasteiger partial charge in [-0.05, 0) is 19.1 Å². The Morgan fingerprint density at radius 3 is 2.29 bits per heavy atom. The molecule has 0 amide bonds. The van der Waals surface area contributed by atoms with E-state index in [4.69, 9.17) is 0 Å². The van der Waals surface area contributed by atoms with Crippen molar-refractivity contribution in [3.63, 3.8) is 0 Å². The Morgan fingerprint density at radius 1 is 1.86 bits per heavy atom. The minimum absolute atomic E-state index is 0. The topological polar surface area (TPSA) is 9.23 Å². The van der Waals surface area contributed by atoms with E-state index in [1.807, 2.05) is 6.92 Å². The first-order valence-corrected chi connectivity index (χ1v) is 2.48. The molecule has 0 bridgehead atoms. The first-order chi connectivity index (χ1) is 2.77. The van der Waals surface area contributed by atoms with Crippen molar-refractivity contribution in [2.24, 2.45) is 0 Å². The molecular weight excluding hydrogens is 311 g/mol. The molecule has 0 aromatic rings. The Balaban J connectivity index is 0. The minimum Gasteiger partial charge on any atom is -0.479 e. The summed E-state index contributed by atoms with van der Waals surface area (Å²) < 4.78 is 4.95. The van der Waals surface area contributed by atoms with Gasteiger partial charge in [-0.2, -0.15) is 0 Å². The van der Waals surface area contributed by atoms with Crippen molar-refractivity contribution in [2.75, 3.05) is 6.61 Å². The van der Waals surface area contributed by atoms with Crippen LogP contribution in [0.5, 0.6) is 0 Å². The fourth-order valence-corrected chi connectivity index (χ4v) is 0.370. The molecule has 0 spiro atoms. The van der Waals surface area contributed by atoms with Gasteiger partial charge in [0.05, 0.1) is 6.61 Å². The zero-order valence-electron chi connectivity index (χ0n) is 3.79. The van der Waals surface area contributed by atoms with E-state index in [9.17, 15) is 0 Å². The normalized spacial score (nSPS) is 6.57. The number of hydrogen-bond acceptors (Lipinski definition) is 2. The molecule has 0 N–H and O–H groups in total. The molecule has 0 aliphatic rings. The average molecular weight is 317 g/mol. The number of thiocarbonyl (C=S) groups is 1. The summed E-state index contributed by atoms with van der Waals surface area (Å²) in [6, 6.07) is 0. The van der Waals surface area contributed by atoms with E-state index in [2.05, 4.69) is 29.6 Å². The molecule has 0 fully saturated rings. The average Bonchev–Trinajstić information content (AvgIpc) is 1.35. The fraction of sp³-hybridized carbons (Fsp3) is 0.667. The van der Waals surface area contributed by atoms with Gasteiger partial charge in [-0.25, -0.2) is 0 Å². The molecular formula is C3H6OPtS2. The van der Waals surface area contributed by atoms with E-state index >= 15 is 0 Å². The molecule has 46 valence electrons. The van der Waals surface area contributed by atoms with E-state index in [0.29, 0.717) is 11.0 Å². The van der Waals surface area contributed by atoms with Gasteiger partial charge >= 0.3 is 0 Å². The third-order valence-corrected chi connectivity index (χ3v) is 0.515. The van der Waals surface area contributed by atoms with Gasteiger partial charge in [-0.15, -0.1) is 0 Å². The summed E-state index contributed by atoms with van der Waals surface area (Å²) in [6.45, 7) is 2.48. The molecule has 1 nitrogen and oxygen atoms in total. The summed E-state index contributed by atoms with van der Waals surface area (Å²) >= 11 is 8.12. The fourth-order valence-electron chi connectivity index (χ4n) is 0.123. The summed E-state index contributed by atoms with van der Waals surface area (Å²) in [5, 5.41) is 0. The van der Waals surface area contributed by atoms with Crippen LogP contribution in [0.2, 0.25) is 0 Å². The zero-order valence-corrected chi connectivity index (χ0v) is 7.77. The Morgan fingerprint density at radius 2 is 2.29 bits per heavy atom. The van der Waals surface area contributed by atoms with Gasteiger partial charge in [0.25, 0.3) is 0 Å². The van der Waals surface area contributed by atoms with Crippen LogP contribution in [0.3, 0.4) is 0 Å². The van der Waals surface area contributed by atoms with E-state index < -0.39 is 0 Å². The van der Waals surface area contributed by atoms with Crippen molar-refractivity contribution < 1.29 is 25.8 Å². The largest absolute Gasteiger partial charge is 0.479 e. The van der Waals surface area contributed by atoms with Crippen molar-refractivity contribution in [3.05, 3.63) is 0 Å². The molecule has 4 heteroatoms. The van der Waals surface area contributed by atoms with Gasteiger partial charge in [0, 0.05) is 21.1 Å². The maximum absolute atomic E-state index is 4.64. The van der Waals surface area contributed by atoms with Crippen molar-refractivity contribution in [3.8, 4) is 0 Å². The first kappa shape index (κ1) is 10.8. The molecule has 0 aliphatic carbocycles. The molecule has 0 saturated carbocycles. The van der Waals surface area contributed by atoms with Gasteiger partial charge in [0.1, 0.15) is 0 Å². The summed E-state index contributed by atoms with van der Waals surface area (Å²) in [5.74, 6) is 0. The van der Waals surface area contributed by atoms with Crippen LogP contribution in [0.1, 0.15) is 6.92 Å². The van der Waals surface area contributed by atoms with Crippen LogP contribution < -0.4 is 0 Å². The van der Waals surface area contributed by atoms with Crippen LogP contribution in [0, 0.1) is 0 Å². The molecule has 0 rings (SSSR count). The van der Waals surface area contributed by atoms with Gasteiger partial charge in [-0.3, -0.25) is 0 Å². The van der Waals surface area contributed by atoms with Crippen LogP contribution in [-0.2, 0) is 25.8 Å². The predicted molar refractivity (Wildman–Crippen MR) is 33.2 cm³/mol. The van der Waals surface area contributed by atoms with Crippen molar-refractivity contribution in [1.82, 2.24) is 0 Å². The van der Waals surface area contributed by atoms with Gasteiger partial charge in [-0.1, -0.05) is 12.6 Å². The smallest absolute Gasteiger partial charge is 0.216 e. The molecule has 0 aromatic heterocycles. The molecule has 0 saturated heterocycles. The SMILES string of the molecule is CCOC(=S)S.[Pt]. The summed E-state index contributed by atoms with van der Waals surface area (Å²) in [6.07, 6.45) is 0. The molecule has 0 aromatic carbocycles. The second-order valence-corrected chi connectivity index (χ2v) is 1.78. The number of ether oxygens (including phenoxy) is 1. The predicted octanol–water partition coefficient (Wildman–Crippen LogP) is 1.24. The Bertz CT molecular complexity index is 56.9. The number of rotatable bonds is 1. The molecule has 0 atom stereocenters. The van der Waals surface area contributed by atoms with Crippen molar-refractivity contribution >= 4 is 29.2 Å². The summed E-state index contributed by atoms with van der Waals surface area (Å²) in [4.78, 5) is 0. The third kappa shape index (κ3) is 10.9. The van der Waals surface area contributed by atoms with Crippen molar-refractivity contribution in [2.45, 2.75) is 6.92 Å². The Labute approximate surface area is 68.5 Å². The molecule has 0 heterocycles. The zero-order chi connectivity index (χ0) is 4.99. The third-order valence-electron chi connectivity index (χ3n) is 0.268. The standard InChI is InChI=1S/C3H6OS2.Pt/c1-2-4-3(5)6;/h2H2,1H3,(H,5,6);. The quantitative estimate of drug-likeness (QED) is 0.575. The van der Waals surface area contributed by atoms with E-state index in [1.165, 1.54) is 0 Å². The van der Waals surface area contributed by atoms with Crippen molar-refractivity contribution in [1.29, 1.82) is 0 Å².